The molecule has 2 aromatic heterocycles. The Morgan fingerprint density at radius 1 is 1.12 bits per heavy atom. The van der Waals surface area contributed by atoms with E-state index in [4.69, 9.17) is 14.6 Å². The van der Waals surface area contributed by atoms with Gasteiger partial charge in [0, 0.05) is 35.9 Å². The van der Waals surface area contributed by atoms with Gasteiger partial charge in [0.25, 0.3) is 11.8 Å². The molecule has 41 heavy (non-hydrogen) atoms. The largest absolute Gasteiger partial charge is 0.474 e. The molecule has 0 radical (unpaired) electrons. The molecule has 11 nitrogen and oxygen atoms in total. The lowest BCUT2D eigenvalue weighted by Gasteiger charge is -2.25. The summed E-state index contributed by atoms with van der Waals surface area (Å²) in [7, 11) is 0. The van der Waals surface area contributed by atoms with Crippen LogP contribution >= 0.6 is 0 Å². The molecule has 2 aromatic carbocycles. The van der Waals surface area contributed by atoms with Gasteiger partial charge in [0.1, 0.15) is 17.1 Å². The Morgan fingerprint density at radius 2 is 1.95 bits per heavy atom. The third-order valence-corrected chi connectivity index (χ3v) is 7.40. The number of carbonyl (C=O) groups excluding carboxylic acids is 2. The van der Waals surface area contributed by atoms with Gasteiger partial charge in [0.15, 0.2) is 0 Å². The molecule has 4 aromatic rings. The molecule has 2 N–H and O–H groups in total. The lowest BCUT2D eigenvalue weighted by atomic mass is 10.0. The quantitative estimate of drug-likeness (QED) is 0.390. The number of benzodiazepines with no additional fused rings is 1. The van der Waals surface area contributed by atoms with Gasteiger partial charge in [-0.15, -0.1) is 0 Å². The molecule has 0 saturated carbocycles. The van der Waals surface area contributed by atoms with E-state index in [1.54, 1.807) is 27.7 Å². The fourth-order valence-electron chi connectivity index (χ4n) is 5.13. The summed E-state index contributed by atoms with van der Waals surface area (Å²) in [4.78, 5) is 32.0. The zero-order chi connectivity index (χ0) is 28.1. The van der Waals surface area contributed by atoms with Crippen LogP contribution in [-0.2, 0) is 16.1 Å². The highest BCUT2D eigenvalue weighted by atomic mass is 19.1. The normalized spacial score (nSPS) is 20.0. The minimum absolute atomic E-state index is 0.00463. The number of aryl methyl sites for hydroxylation is 1. The van der Waals surface area contributed by atoms with Gasteiger partial charge >= 0.3 is 0 Å². The number of hydrogen-bond acceptors (Lipinski definition) is 7. The predicted molar refractivity (Wildman–Crippen MR) is 146 cm³/mol. The number of rotatable bonds is 5. The van der Waals surface area contributed by atoms with Crippen LogP contribution in [0.5, 0.6) is 5.88 Å². The van der Waals surface area contributed by atoms with E-state index in [-0.39, 0.29) is 23.4 Å². The average molecular weight is 556 g/mol. The van der Waals surface area contributed by atoms with E-state index in [0.717, 1.165) is 6.42 Å². The van der Waals surface area contributed by atoms with Gasteiger partial charge in [-0.05, 0) is 13.0 Å². The van der Waals surface area contributed by atoms with Crippen LogP contribution in [0, 0.1) is 5.82 Å². The van der Waals surface area contributed by atoms with Gasteiger partial charge in [-0.25, -0.2) is 14.1 Å². The highest BCUT2D eigenvalue weighted by Crippen LogP contribution is 2.35. The minimum atomic E-state index is -1.36. The van der Waals surface area contributed by atoms with E-state index in [0.29, 0.717) is 53.7 Å². The summed E-state index contributed by atoms with van der Waals surface area (Å²) < 4.78 is 29.7. The van der Waals surface area contributed by atoms with Crippen LogP contribution in [0.25, 0.3) is 11.3 Å². The second-order valence-corrected chi connectivity index (χ2v) is 10.2. The number of hydrogen-bond donors (Lipinski definition) is 2. The van der Waals surface area contributed by atoms with E-state index >= 15 is 0 Å². The number of halogens is 1. The molecule has 2 amide bonds. The number of aromatic nitrogens is 4. The molecule has 3 aliphatic rings. The Balaban J connectivity index is 1.28. The molecule has 0 bridgehead atoms. The molecule has 7 rings (SSSR count). The topological polar surface area (TPSA) is 125 Å². The first-order chi connectivity index (χ1) is 20.0. The Hall–Kier alpha value is -4.84. The predicted octanol–water partition coefficient (Wildman–Crippen LogP) is 3.17. The number of anilines is 1. The second kappa shape index (κ2) is 9.97. The summed E-state index contributed by atoms with van der Waals surface area (Å²) in [5.74, 6) is -1.56. The zero-order valence-corrected chi connectivity index (χ0v) is 22.1. The van der Waals surface area contributed by atoms with Crippen LogP contribution in [0.2, 0.25) is 0 Å². The summed E-state index contributed by atoms with van der Waals surface area (Å²) in [5.41, 5.74) is 2.65. The van der Waals surface area contributed by atoms with Crippen molar-refractivity contribution in [2.45, 2.75) is 38.2 Å². The number of nitrogens with one attached hydrogen (secondary N) is 2. The maximum Gasteiger partial charge on any atom is 0.269 e. The Morgan fingerprint density at radius 3 is 2.73 bits per heavy atom. The van der Waals surface area contributed by atoms with E-state index in [1.807, 2.05) is 43.5 Å². The van der Waals surface area contributed by atoms with Gasteiger partial charge in [-0.1, -0.05) is 42.5 Å². The molecule has 3 aliphatic heterocycles. The van der Waals surface area contributed by atoms with Crippen LogP contribution in [0.3, 0.4) is 0 Å². The summed E-state index contributed by atoms with van der Waals surface area (Å²) in [6.45, 7) is 3.62. The molecule has 208 valence electrons. The molecule has 0 unspecified atom stereocenters. The fourth-order valence-corrected chi connectivity index (χ4v) is 5.13. The fraction of sp³-hybridized carbons (Fsp3) is 0.276. The minimum Gasteiger partial charge on any atom is -0.474 e. The standard InChI is InChI=1S/C29H26FN7O4/c1-16-10-11-36-29(41-16)22(24(35-36)18-12-31-37(13-18)19-14-40-15-19)27(38)34-26-28(39)33-25-20(8-5-9-21(25)30)23(32-26)17-6-3-2-4-7-17/h2-9,12-13,16,19,26H,10-11,14-15H2,1H3,(H,33,39)(H,34,38)/t16-,26-/m1/s1. The molecule has 1 saturated heterocycles. The highest BCUT2D eigenvalue weighted by Gasteiger charge is 2.35. The van der Waals surface area contributed by atoms with Crippen molar-refractivity contribution in [1.82, 2.24) is 24.9 Å². The SMILES string of the molecule is C[C@@H]1CCn2nc(-c3cnn(C4COC4)c3)c(C(=O)N[C@H]3N=C(c4ccccc4)c4cccc(F)c4NC3=O)c2O1. The van der Waals surface area contributed by atoms with Crippen molar-refractivity contribution in [2.24, 2.45) is 4.99 Å². The van der Waals surface area contributed by atoms with Gasteiger partial charge < -0.3 is 20.1 Å². The summed E-state index contributed by atoms with van der Waals surface area (Å²) in [6.07, 6.45) is 2.72. The Labute approximate surface area is 234 Å². The Kier molecular flexibility index (Phi) is 6.11. The zero-order valence-electron chi connectivity index (χ0n) is 22.1. The molecule has 0 spiro atoms. The average Bonchev–Trinajstić information content (AvgIpc) is 3.53. The van der Waals surface area contributed by atoms with Crippen LogP contribution < -0.4 is 15.4 Å². The third-order valence-electron chi connectivity index (χ3n) is 7.40. The second-order valence-electron chi connectivity index (χ2n) is 10.2. The molecule has 0 aliphatic carbocycles. The van der Waals surface area contributed by atoms with Crippen LogP contribution in [-0.4, -0.2) is 62.6 Å². The number of carbonyl (C=O) groups is 2. The maximum atomic E-state index is 14.9. The summed E-state index contributed by atoms with van der Waals surface area (Å²) in [6, 6.07) is 13.7. The van der Waals surface area contributed by atoms with Crippen molar-refractivity contribution in [3.63, 3.8) is 0 Å². The van der Waals surface area contributed by atoms with Gasteiger partial charge in [0.2, 0.25) is 12.0 Å². The van der Waals surface area contributed by atoms with Crippen molar-refractivity contribution >= 4 is 23.2 Å². The monoisotopic (exact) mass is 555 g/mol. The van der Waals surface area contributed by atoms with Crippen molar-refractivity contribution < 1.29 is 23.5 Å². The highest BCUT2D eigenvalue weighted by molar-refractivity contribution is 6.20. The number of amides is 2. The number of fused-ring (bicyclic) bond motifs is 2. The number of ether oxygens (including phenoxy) is 2. The van der Waals surface area contributed by atoms with Crippen molar-refractivity contribution in [1.29, 1.82) is 0 Å². The number of para-hydroxylation sites is 1. The van der Waals surface area contributed by atoms with Crippen LogP contribution in [0.15, 0.2) is 65.9 Å². The van der Waals surface area contributed by atoms with Gasteiger partial charge in [-0.3, -0.25) is 14.3 Å². The number of benzene rings is 2. The molecule has 5 heterocycles. The van der Waals surface area contributed by atoms with Crippen molar-refractivity contribution in [3.8, 4) is 17.1 Å². The third kappa shape index (κ3) is 4.45. The van der Waals surface area contributed by atoms with Crippen molar-refractivity contribution in [2.75, 3.05) is 18.5 Å². The summed E-state index contributed by atoms with van der Waals surface area (Å²) >= 11 is 0. The summed E-state index contributed by atoms with van der Waals surface area (Å²) in [5, 5.41) is 14.5. The number of aliphatic imine (C=N–C) groups is 1. The Bertz CT molecular complexity index is 1690. The van der Waals surface area contributed by atoms with Crippen LogP contribution in [0.1, 0.15) is 40.9 Å². The van der Waals surface area contributed by atoms with E-state index in [1.165, 1.54) is 6.07 Å². The molecule has 12 heteroatoms. The van der Waals surface area contributed by atoms with Crippen molar-refractivity contribution in [3.05, 3.63) is 83.4 Å². The first kappa shape index (κ1) is 25.1. The smallest absolute Gasteiger partial charge is 0.269 e. The van der Waals surface area contributed by atoms with E-state index in [2.05, 4.69) is 20.7 Å². The van der Waals surface area contributed by atoms with Crippen LogP contribution in [0.4, 0.5) is 10.1 Å². The maximum absolute atomic E-state index is 14.9. The number of nitrogens with zero attached hydrogens (tertiary/aromatic N) is 5. The molecular formula is C29H26FN7O4. The first-order valence-electron chi connectivity index (χ1n) is 13.4. The molecular weight excluding hydrogens is 529 g/mol. The lowest BCUT2D eigenvalue weighted by molar-refractivity contribution is -0.117. The van der Waals surface area contributed by atoms with E-state index in [9.17, 15) is 14.0 Å². The van der Waals surface area contributed by atoms with E-state index < -0.39 is 23.8 Å². The van der Waals surface area contributed by atoms with Gasteiger partial charge in [0.05, 0.1) is 43.0 Å². The first-order valence-corrected chi connectivity index (χ1v) is 13.4. The van der Waals surface area contributed by atoms with Gasteiger partial charge in [-0.2, -0.15) is 10.2 Å². The molecule has 1 fully saturated rings. The lowest BCUT2D eigenvalue weighted by Crippen LogP contribution is -2.42. The molecule has 2 atom stereocenters.